The van der Waals surface area contributed by atoms with Crippen molar-refractivity contribution >= 4 is 17.9 Å². The normalized spacial score (nSPS) is 10.7. The Morgan fingerprint density at radius 1 is 0.489 bits per heavy atom. The summed E-state index contributed by atoms with van der Waals surface area (Å²) >= 11 is 0. The van der Waals surface area contributed by atoms with E-state index in [4.69, 9.17) is 18.9 Å². The van der Waals surface area contributed by atoms with Gasteiger partial charge in [-0.25, -0.2) is 14.4 Å². The van der Waals surface area contributed by atoms with Gasteiger partial charge in [0.25, 0.3) is 0 Å². The summed E-state index contributed by atoms with van der Waals surface area (Å²) in [7, 11) is 0. The molecule has 0 aromatic heterocycles. The van der Waals surface area contributed by atoms with Gasteiger partial charge in [0.1, 0.15) is 28.7 Å². The highest BCUT2D eigenvalue weighted by atomic mass is 16.5. The Morgan fingerprint density at radius 2 is 0.936 bits per heavy atom. The van der Waals surface area contributed by atoms with Crippen LogP contribution in [0.4, 0.5) is 0 Å². The molecule has 0 saturated carbocycles. The van der Waals surface area contributed by atoms with Gasteiger partial charge in [0.05, 0.1) is 23.3 Å². The van der Waals surface area contributed by atoms with Gasteiger partial charge in [0.2, 0.25) is 0 Å². The molecule has 4 rings (SSSR count). The van der Waals surface area contributed by atoms with Crippen molar-refractivity contribution in [2.24, 2.45) is 0 Å². The Morgan fingerprint density at radius 3 is 1.49 bits per heavy atom. The molecule has 0 atom stereocenters. The number of esters is 3. The van der Waals surface area contributed by atoms with Crippen molar-refractivity contribution in [1.82, 2.24) is 0 Å². The lowest BCUT2D eigenvalue weighted by Gasteiger charge is -2.09. The zero-order chi connectivity index (χ0) is 33.3. The fourth-order valence-corrected chi connectivity index (χ4v) is 4.82. The van der Waals surface area contributed by atoms with E-state index < -0.39 is 17.9 Å². The fourth-order valence-electron chi connectivity index (χ4n) is 4.82. The van der Waals surface area contributed by atoms with Crippen LogP contribution in [-0.4, -0.2) is 29.6 Å². The zero-order valence-corrected chi connectivity index (χ0v) is 26.8. The lowest BCUT2D eigenvalue weighted by molar-refractivity contribution is 0.0713. The molecule has 8 nitrogen and oxygen atoms in total. The van der Waals surface area contributed by atoms with E-state index in [0.717, 1.165) is 12.8 Å². The number of aromatic hydroxyl groups is 1. The second-order valence-electron chi connectivity index (χ2n) is 11.3. The number of carbonyl (C=O) groups excluding carboxylic acids is 3. The first-order chi connectivity index (χ1) is 22.9. The zero-order valence-electron chi connectivity index (χ0n) is 26.8. The maximum absolute atomic E-state index is 12.7. The van der Waals surface area contributed by atoms with Gasteiger partial charge in [-0.3, -0.25) is 0 Å². The summed E-state index contributed by atoms with van der Waals surface area (Å²) in [5, 5.41) is 9.39. The van der Waals surface area contributed by atoms with E-state index in [1.165, 1.54) is 118 Å². The van der Waals surface area contributed by atoms with Gasteiger partial charge in [-0.2, -0.15) is 0 Å². The topological polar surface area (TPSA) is 108 Å². The second kappa shape index (κ2) is 18.8. The molecule has 0 bridgehead atoms. The molecule has 1 N–H and O–H groups in total. The average Bonchev–Trinajstić information content (AvgIpc) is 3.08. The van der Waals surface area contributed by atoms with Crippen molar-refractivity contribution in [3.05, 3.63) is 114 Å². The maximum atomic E-state index is 12.7. The SMILES string of the molecule is CCCCCCCCCCCCOc1ccc(C(=O)Oc2ccc(OC(=O)c3cccc(OC(=O)c4ccc(O)cc4)c3)cc2)cc1. The van der Waals surface area contributed by atoms with Crippen LogP contribution in [-0.2, 0) is 0 Å². The predicted octanol–water partition coefficient (Wildman–Crippen LogP) is 9.35. The van der Waals surface area contributed by atoms with Gasteiger partial charge in [-0.15, -0.1) is 0 Å². The van der Waals surface area contributed by atoms with Crippen molar-refractivity contribution in [3.63, 3.8) is 0 Å². The van der Waals surface area contributed by atoms with Crippen LogP contribution in [0.2, 0.25) is 0 Å². The van der Waals surface area contributed by atoms with Crippen LogP contribution in [0.3, 0.4) is 0 Å². The van der Waals surface area contributed by atoms with E-state index in [1.807, 2.05) is 0 Å². The first-order valence-corrected chi connectivity index (χ1v) is 16.3. The Labute approximate surface area is 276 Å². The molecule has 0 amide bonds. The molecular formula is C39H42O8. The minimum atomic E-state index is -0.659. The summed E-state index contributed by atoms with van der Waals surface area (Å²) < 4.78 is 22.1. The summed E-state index contributed by atoms with van der Waals surface area (Å²) in [5.74, 6) is -0.378. The molecule has 0 aliphatic heterocycles. The molecule has 0 unspecified atom stereocenters. The third-order valence-corrected chi connectivity index (χ3v) is 7.48. The van der Waals surface area contributed by atoms with Crippen LogP contribution in [0.25, 0.3) is 0 Å². The molecule has 246 valence electrons. The number of phenolic OH excluding ortho intramolecular Hbond substituents is 1. The molecule has 4 aromatic carbocycles. The lowest BCUT2D eigenvalue weighted by atomic mass is 10.1. The quantitative estimate of drug-likeness (QED) is 0.0652. The summed E-state index contributed by atoms with van der Waals surface area (Å²) in [4.78, 5) is 37.7. The molecule has 0 radical (unpaired) electrons. The van der Waals surface area contributed by atoms with Gasteiger partial charge in [-0.05, 0) is 97.4 Å². The van der Waals surface area contributed by atoms with Crippen LogP contribution in [0.5, 0.6) is 28.7 Å². The van der Waals surface area contributed by atoms with Crippen molar-refractivity contribution in [2.45, 2.75) is 71.1 Å². The van der Waals surface area contributed by atoms with Crippen molar-refractivity contribution in [3.8, 4) is 28.7 Å². The first kappa shape index (κ1) is 34.8. The number of carbonyl (C=O) groups is 3. The highest BCUT2D eigenvalue weighted by Gasteiger charge is 2.14. The second-order valence-corrected chi connectivity index (χ2v) is 11.3. The Kier molecular flexibility index (Phi) is 13.9. The van der Waals surface area contributed by atoms with Gasteiger partial charge in [0.15, 0.2) is 0 Å². The lowest BCUT2D eigenvalue weighted by Crippen LogP contribution is -2.11. The summed E-state index contributed by atoms with van der Waals surface area (Å²) in [6, 6.07) is 24.6. The number of unbranched alkanes of at least 4 members (excludes halogenated alkanes) is 9. The summed E-state index contributed by atoms with van der Waals surface area (Å²) in [6.07, 6.45) is 12.7. The van der Waals surface area contributed by atoms with Crippen LogP contribution < -0.4 is 18.9 Å². The molecule has 0 spiro atoms. The molecule has 0 aliphatic rings. The molecule has 0 heterocycles. The Bertz CT molecular complexity index is 1560. The van der Waals surface area contributed by atoms with Gasteiger partial charge in [-0.1, -0.05) is 70.8 Å². The molecular weight excluding hydrogens is 596 g/mol. The molecule has 47 heavy (non-hydrogen) atoms. The molecule has 8 heteroatoms. The predicted molar refractivity (Wildman–Crippen MR) is 180 cm³/mol. The minimum absolute atomic E-state index is 0.0303. The highest BCUT2D eigenvalue weighted by molar-refractivity contribution is 5.93. The number of ether oxygens (including phenoxy) is 4. The summed E-state index contributed by atoms with van der Waals surface area (Å²) in [5.41, 5.74) is 0.808. The Balaban J connectivity index is 1.17. The van der Waals surface area contributed by atoms with Gasteiger partial charge < -0.3 is 24.1 Å². The Hall–Kier alpha value is -5.11. The standard InChI is InChI=1S/C39H42O8/c1-2-3-4-5-6-7-8-9-10-11-27-44-33-21-17-30(18-22-33)37(41)45-34-23-25-35(26-24-34)46-39(43)31-13-12-14-36(28-31)47-38(42)29-15-19-32(40)20-16-29/h12-26,28,40H,2-11,27H2,1H3. The monoisotopic (exact) mass is 638 g/mol. The number of phenols is 1. The van der Waals surface area contributed by atoms with E-state index >= 15 is 0 Å². The molecule has 0 fully saturated rings. The van der Waals surface area contributed by atoms with Crippen LogP contribution in [0, 0.1) is 0 Å². The molecule has 0 aliphatic carbocycles. The number of benzene rings is 4. The van der Waals surface area contributed by atoms with Crippen molar-refractivity contribution in [1.29, 1.82) is 0 Å². The highest BCUT2D eigenvalue weighted by Crippen LogP contribution is 2.22. The van der Waals surface area contributed by atoms with E-state index in [9.17, 15) is 19.5 Å². The van der Waals surface area contributed by atoms with E-state index in [2.05, 4.69) is 6.92 Å². The van der Waals surface area contributed by atoms with Gasteiger partial charge in [0, 0.05) is 0 Å². The van der Waals surface area contributed by atoms with E-state index in [-0.39, 0.29) is 28.4 Å². The fraction of sp³-hybridized carbons (Fsp3) is 0.308. The van der Waals surface area contributed by atoms with Crippen LogP contribution >= 0.6 is 0 Å². The van der Waals surface area contributed by atoms with Gasteiger partial charge >= 0.3 is 17.9 Å². The smallest absolute Gasteiger partial charge is 0.343 e. The van der Waals surface area contributed by atoms with Crippen molar-refractivity contribution in [2.75, 3.05) is 6.61 Å². The number of hydrogen-bond acceptors (Lipinski definition) is 8. The average molecular weight is 639 g/mol. The van der Waals surface area contributed by atoms with Crippen LogP contribution in [0.15, 0.2) is 97.1 Å². The number of hydrogen-bond donors (Lipinski definition) is 1. The first-order valence-electron chi connectivity index (χ1n) is 16.3. The van der Waals surface area contributed by atoms with Crippen molar-refractivity contribution < 1.29 is 38.4 Å². The number of rotatable bonds is 18. The van der Waals surface area contributed by atoms with Crippen LogP contribution in [0.1, 0.15) is 102 Å². The largest absolute Gasteiger partial charge is 0.508 e. The molecule has 0 saturated heterocycles. The van der Waals surface area contributed by atoms with E-state index in [0.29, 0.717) is 23.7 Å². The third kappa shape index (κ3) is 12.0. The minimum Gasteiger partial charge on any atom is -0.508 e. The third-order valence-electron chi connectivity index (χ3n) is 7.48. The van der Waals surface area contributed by atoms with E-state index in [1.54, 1.807) is 30.3 Å². The summed E-state index contributed by atoms with van der Waals surface area (Å²) in [6.45, 7) is 2.89. The maximum Gasteiger partial charge on any atom is 0.343 e. The molecule has 4 aromatic rings.